The molecule has 5 rings (SSSR count). The summed E-state index contributed by atoms with van der Waals surface area (Å²) < 4.78 is 70.8. The van der Waals surface area contributed by atoms with Gasteiger partial charge in [-0.2, -0.15) is 16.8 Å². The molecule has 1 aliphatic rings. The predicted molar refractivity (Wildman–Crippen MR) is 155 cm³/mol. The van der Waals surface area contributed by atoms with Gasteiger partial charge in [0.1, 0.15) is 37.9 Å². The highest BCUT2D eigenvalue weighted by Crippen LogP contribution is 2.40. The molecule has 11 heteroatoms. The van der Waals surface area contributed by atoms with Gasteiger partial charge >= 0.3 is 0 Å². The Morgan fingerprint density at radius 3 is 1.26 bits per heavy atom. The number of fused-ring (bicyclic) bond motifs is 3. The van der Waals surface area contributed by atoms with Crippen molar-refractivity contribution in [3.63, 3.8) is 0 Å². The lowest BCUT2D eigenvalue weighted by atomic mass is 10.1. The van der Waals surface area contributed by atoms with E-state index in [0.717, 1.165) is 22.3 Å². The summed E-state index contributed by atoms with van der Waals surface area (Å²) in [6.07, 6.45) is 0. The van der Waals surface area contributed by atoms with Crippen molar-refractivity contribution < 1.29 is 39.5 Å². The van der Waals surface area contributed by atoms with Crippen molar-refractivity contribution >= 4 is 26.0 Å². The second-order valence-corrected chi connectivity index (χ2v) is 12.8. The van der Waals surface area contributed by atoms with Crippen molar-refractivity contribution in [2.24, 2.45) is 0 Å². The van der Waals surface area contributed by atoms with Gasteiger partial charge in [-0.05, 0) is 85.6 Å². The maximum Gasteiger partial charge on any atom is 0.297 e. The number of ether oxygens (including phenoxy) is 2. The Morgan fingerprint density at radius 2 is 0.881 bits per heavy atom. The third-order valence-electron chi connectivity index (χ3n) is 6.56. The molecule has 0 fully saturated rings. The van der Waals surface area contributed by atoms with E-state index < -0.39 is 20.2 Å². The van der Waals surface area contributed by atoms with Crippen LogP contribution in [0.3, 0.4) is 0 Å². The standard InChI is InChI=1S/C31H28O9S2/c1-21-3-9-25(10-4-21)41(33,34)39-17-15-37-23-7-13-27-28-14-8-24(20-30(28)31(32)29(27)19-23)38-16-18-40-42(35,36)26-11-5-22(2)6-12-26/h3-14,19-20H,15-18H2,1-2H3. The smallest absolute Gasteiger partial charge is 0.297 e. The monoisotopic (exact) mass is 608 g/mol. The van der Waals surface area contributed by atoms with Crippen LogP contribution in [-0.2, 0) is 28.6 Å². The van der Waals surface area contributed by atoms with Crippen LogP contribution in [0.5, 0.6) is 11.5 Å². The van der Waals surface area contributed by atoms with Gasteiger partial charge in [0, 0.05) is 11.1 Å². The number of hydrogen-bond acceptors (Lipinski definition) is 9. The van der Waals surface area contributed by atoms with Crippen LogP contribution in [0.25, 0.3) is 11.1 Å². The maximum atomic E-state index is 13.2. The molecule has 0 spiro atoms. The van der Waals surface area contributed by atoms with Gasteiger partial charge in [0.25, 0.3) is 20.2 Å². The minimum Gasteiger partial charge on any atom is -0.491 e. The van der Waals surface area contributed by atoms with Crippen LogP contribution in [0, 0.1) is 13.8 Å². The van der Waals surface area contributed by atoms with Gasteiger partial charge in [0.15, 0.2) is 5.78 Å². The molecule has 0 aromatic heterocycles. The molecular formula is C31H28O9S2. The first-order chi connectivity index (χ1) is 20.0. The first-order valence-corrected chi connectivity index (χ1v) is 15.9. The summed E-state index contributed by atoms with van der Waals surface area (Å²) in [7, 11) is -7.81. The summed E-state index contributed by atoms with van der Waals surface area (Å²) >= 11 is 0. The lowest BCUT2D eigenvalue weighted by Crippen LogP contribution is -2.13. The Hall–Kier alpha value is -4.03. The second-order valence-electron chi connectivity index (χ2n) is 9.62. The fourth-order valence-electron chi connectivity index (χ4n) is 4.37. The number of aryl methyl sites for hydroxylation is 2. The Labute approximate surface area is 244 Å². The zero-order valence-electron chi connectivity index (χ0n) is 22.9. The summed E-state index contributed by atoms with van der Waals surface area (Å²) in [5.74, 6) is 0.580. The highest BCUT2D eigenvalue weighted by atomic mass is 32.2. The van der Waals surface area contributed by atoms with E-state index in [9.17, 15) is 21.6 Å². The number of carbonyl (C=O) groups excluding carboxylic acids is 1. The second kappa shape index (κ2) is 12.1. The number of benzene rings is 4. The molecule has 0 radical (unpaired) electrons. The van der Waals surface area contributed by atoms with Crippen molar-refractivity contribution in [3.05, 3.63) is 107 Å². The van der Waals surface area contributed by atoms with Crippen LogP contribution in [0.15, 0.2) is 94.7 Å². The average Bonchev–Trinajstić information content (AvgIpc) is 3.24. The van der Waals surface area contributed by atoms with Gasteiger partial charge in [-0.3, -0.25) is 13.2 Å². The number of hydrogen-bond donors (Lipinski definition) is 0. The minimum atomic E-state index is -3.90. The number of carbonyl (C=O) groups is 1. The molecule has 42 heavy (non-hydrogen) atoms. The highest BCUT2D eigenvalue weighted by molar-refractivity contribution is 7.87. The summed E-state index contributed by atoms with van der Waals surface area (Å²) in [5.41, 5.74) is 4.23. The molecule has 0 N–H and O–H groups in total. The first kappa shape index (κ1) is 29.5. The Morgan fingerprint density at radius 1 is 0.500 bits per heavy atom. The van der Waals surface area contributed by atoms with Crippen LogP contribution < -0.4 is 9.47 Å². The minimum absolute atomic E-state index is 0.0370. The van der Waals surface area contributed by atoms with Crippen molar-refractivity contribution in [1.29, 1.82) is 0 Å². The van der Waals surface area contributed by atoms with E-state index in [2.05, 4.69) is 0 Å². The largest absolute Gasteiger partial charge is 0.491 e. The van der Waals surface area contributed by atoms with Crippen molar-refractivity contribution in [2.75, 3.05) is 26.4 Å². The molecule has 0 saturated heterocycles. The van der Waals surface area contributed by atoms with Gasteiger partial charge < -0.3 is 9.47 Å². The summed E-state index contributed by atoms with van der Waals surface area (Å²) in [6.45, 7) is 3.25. The van der Waals surface area contributed by atoms with E-state index in [1.165, 1.54) is 24.3 Å². The topological polar surface area (TPSA) is 122 Å². The maximum absolute atomic E-state index is 13.2. The molecule has 0 amide bonds. The van der Waals surface area contributed by atoms with Gasteiger partial charge in [0.05, 0.1) is 9.79 Å². The molecule has 0 bridgehead atoms. The summed E-state index contributed by atoms with van der Waals surface area (Å²) in [4.78, 5) is 13.3. The molecule has 4 aromatic rings. The Kier molecular flexibility index (Phi) is 8.46. The third-order valence-corrected chi connectivity index (χ3v) is 9.21. The molecule has 0 unspecified atom stereocenters. The van der Waals surface area contributed by atoms with Crippen LogP contribution in [-0.4, -0.2) is 49.0 Å². The van der Waals surface area contributed by atoms with Crippen LogP contribution in [0.1, 0.15) is 27.0 Å². The fourth-order valence-corrected chi connectivity index (χ4v) is 6.16. The van der Waals surface area contributed by atoms with E-state index in [-0.39, 0.29) is 42.0 Å². The number of rotatable bonds is 12. The quantitative estimate of drug-likeness (QED) is 0.141. The van der Waals surface area contributed by atoms with Gasteiger partial charge in [-0.25, -0.2) is 0 Å². The van der Waals surface area contributed by atoms with E-state index in [4.69, 9.17) is 17.8 Å². The third kappa shape index (κ3) is 6.55. The molecule has 9 nitrogen and oxygen atoms in total. The van der Waals surface area contributed by atoms with E-state index in [1.807, 2.05) is 13.8 Å². The lowest BCUT2D eigenvalue weighted by Gasteiger charge is -2.09. The van der Waals surface area contributed by atoms with Crippen molar-refractivity contribution in [2.45, 2.75) is 23.6 Å². The zero-order chi connectivity index (χ0) is 29.9. The normalized spacial score (nSPS) is 12.6. The first-order valence-electron chi connectivity index (χ1n) is 13.0. The van der Waals surface area contributed by atoms with Crippen LogP contribution >= 0.6 is 0 Å². The summed E-state index contributed by atoms with van der Waals surface area (Å²) in [5, 5.41) is 0. The van der Waals surface area contributed by atoms with Crippen LogP contribution in [0.4, 0.5) is 0 Å². The molecule has 0 saturated carbocycles. The molecule has 218 valence electrons. The molecular weight excluding hydrogens is 580 g/mol. The van der Waals surface area contributed by atoms with Gasteiger partial charge in [-0.15, -0.1) is 0 Å². The molecule has 0 heterocycles. The van der Waals surface area contributed by atoms with Crippen molar-refractivity contribution in [3.8, 4) is 22.6 Å². The molecule has 4 aromatic carbocycles. The van der Waals surface area contributed by atoms with Crippen molar-refractivity contribution in [1.82, 2.24) is 0 Å². The molecule has 1 aliphatic carbocycles. The predicted octanol–water partition coefficient (Wildman–Crippen LogP) is 5.08. The average molecular weight is 609 g/mol. The molecule has 0 atom stereocenters. The van der Waals surface area contributed by atoms with E-state index >= 15 is 0 Å². The molecule has 0 aliphatic heterocycles. The highest BCUT2D eigenvalue weighted by Gasteiger charge is 2.28. The van der Waals surface area contributed by atoms with E-state index in [1.54, 1.807) is 60.7 Å². The zero-order valence-corrected chi connectivity index (χ0v) is 24.5. The Balaban J connectivity index is 1.15. The SMILES string of the molecule is Cc1ccc(S(=O)(=O)OCCOc2ccc3c(c2)C(=O)c2cc(OCCOS(=O)(=O)c4ccc(C)cc4)ccc2-3)cc1. The summed E-state index contributed by atoms with van der Waals surface area (Å²) in [6, 6.07) is 22.8. The number of ketones is 1. The van der Waals surface area contributed by atoms with Gasteiger partial charge in [0.2, 0.25) is 0 Å². The van der Waals surface area contributed by atoms with Crippen LogP contribution in [0.2, 0.25) is 0 Å². The lowest BCUT2D eigenvalue weighted by molar-refractivity contribution is 0.104. The fraction of sp³-hybridized carbons (Fsp3) is 0.194. The van der Waals surface area contributed by atoms with E-state index in [0.29, 0.717) is 22.6 Å². The Bertz CT molecular complexity index is 1690. The van der Waals surface area contributed by atoms with Gasteiger partial charge in [-0.1, -0.05) is 35.4 Å².